The molecule has 21 heavy (non-hydrogen) atoms. The molecule has 0 radical (unpaired) electrons. The van der Waals surface area contributed by atoms with E-state index in [4.69, 9.17) is 9.47 Å². The Morgan fingerprint density at radius 2 is 2.29 bits per heavy atom. The molecule has 0 saturated carbocycles. The second kappa shape index (κ2) is 5.70. The van der Waals surface area contributed by atoms with Crippen LogP contribution in [0.5, 0.6) is 11.6 Å². The number of rotatable bonds is 3. The van der Waals surface area contributed by atoms with Crippen LogP contribution in [0.1, 0.15) is 10.4 Å². The number of hydrogen-bond acceptors (Lipinski definition) is 5. The Morgan fingerprint density at radius 3 is 3.14 bits per heavy atom. The van der Waals surface area contributed by atoms with Crippen LogP contribution in [0.15, 0.2) is 36.5 Å². The highest BCUT2D eigenvalue weighted by molar-refractivity contribution is 6.07. The van der Waals surface area contributed by atoms with Gasteiger partial charge < -0.3 is 20.1 Å². The van der Waals surface area contributed by atoms with E-state index in [1.807, 2.05) is 12.1 Å². The van der Waals surface area contributed by atoms with Gasteiger partial charge >= 0.3 is 0 Å². The van der Waals surface area contributed by atoms with Gasteiger partial charge in [0.1, 0.15) is 12.3 Å². The highest BCUT2D eigenvalue weighted by Gasteiger charge is 2.20. The van der Waals surface area contributed by atoms with Crippen molar-refractivity contribution in [2.45, 2.75) is 0 Å². The van der Waals surface area contributed by atoms with Crippen molar-refractivity contribution in [3.8, 4) is 11.6 Å². The molecule has 2 aromatic rings. The van der Waals surface area contributed by atoms with Gasteiger partial charge in [-0.25, -0.2) is 4.98 Å². The van der Waals surface area contributed by atoms with Gasteiger partial charge in [-0.1, -0.05) is 6.07 Å². The largest absolute Gasteiger partial charge is 0.489 e. The zero-order valence-corrected chi connectivity index (χ0v) is 11.6. The number of nitrogens with zero attached hydrogens (tertiary/aromatic N) is 1. The molecule has 0 aliphatic carbocycles. The lowest BCUT2D eigenvalue weighted by Crippen LogP contribution is -2.22. The molecule has 0 spiro atoms. The molecule has 0 fully saturated rings. The Balaban J connectivity index is 1.89. The third-order valence-corrected chi connectivity index (χ3v) is 3.14. The predicted molar refractivity (Wildman–Crippen MR) is 79.2 cm³/mol. The lowest BCUT2D eigenvalue weighted by atomic mass is 10.1. The monoisotopic (exact) mass is 285 g/mol. The fourth-order valence-electron chi connectivity index (χ4n) is 2.19. The summed E-state index contributed by atoms with van der Waals surface area (Å²) in [7, 11) is 1.51. The first kappa shape index (κ1) is 13.2. The van der Waals surface area contributed by atoms with E-state index in [9.17, 15) is 4.79 Å². The number of para-hydroxylation sites is 1. The van der Waals surface area contributed by atoms with Crippen molar-refractivity contribution < 1.29 is 14.3 Å². The van der Waals surface area contributed by atoms with Crippen molar-refractivity contribution in [3.63, 3.8) is 0 Å². The number of carbonyl (C=O) groups excluding carboxylic acids is 1. The average Bonchev–Trinajstić information content (AvgIpc) is 2.54. The van der Waals surface area contributed by atoms with Crippen LogP contribution in [0, 0.1) is 0 Å². The van der Waals surface area contributed by atoms with E-state index >= 15 is 0 Å². The maximum absolute atomic E-state index is 12.5. The smallest absolute Gasteiger partial charge is 0.259 e. The predicted octanol–water partition coefficient (Wildman–Crippen LogP) is 2.15. The van der Waals surface area contributed by atoms with Gasteiger partial charge in [0.2, 0.25) is 5.88 Å². The SMILES string of the molecule is COc1ncccc1NC(=O)c1cccc2c1OCCN2. The van der Waals surface area contributed by atoms with Gasteiger partial charge in [0.05, 0.1) is 18.4 Å². The van der Waals surface area contributed by atoms with Gasteiger partial charge in [-0.15, -0.1) is 0 Å². The van der Waals surface area contributed by atoms with Crippen molar-refractivity contribution >= 4 is 17.3 Å². The lowest BCUT2D eigenvalue weighted by molar-refractivity contribution is 0.102. The van der Waals surface area contributed by atoms with Crippen molar-refractivity contribution in [1.29, 1.82) is 0 Å². The van der Waals surface area contributed by atoms with Crippen LogP contribution in [-0.2, 0) is 0 Å². The van der Waals surface area contributed by atoms with Crippen LogP contribution in [0.25, 0.3) is 0 Å². The summed E-state index contributed by atoms with van der Waals surface area (Å²) in [4.78, 5) is 16.5. The zero-order chi connectivity index (χ0) is 14.7. The molecule has 6 nitrogen and oxygen atoms in total. The molecule has 2 N–H and O–H groups in total. The van der Waals surface area contributed by atoms with Crippen molar-refractivity contribution in [2.75, 3.05) is 30.9 Å². The molecule has 6 heteroatoms. The van der Waals surface area contributed by atoms with Crippen LogP contribution in [0.2, 0.25) is 0 Å². The summed E-state index contributed by atoms with van der Waals surface area (Å²) in [5.74, 6) is 0.681. The number of anilines is 2. The first-order valence-corrected chi connectivity index (χ1v) is 6.59. The fourth-order valence-corrected chi connectivity index (χ4v) is 2.19. The second-order valence-corrected chi connectivity index (χ2v) is 4.47. The molecule has 0 atom stereocenters. The summed E-state index contributed by atoms with van der Waals surface area (Å²) in [6, 6.07) is 8.89. The number of amides is 1. The maximum atomic E-state index is 12.5. The number of aromatic nitrogens is 1. The van der Waals surface area contributed by atoms with Gasteiger partial charge in [-0.05, 0) is 24.3 Å². The molecule has 0 unspecified atom stereocenters. The number of carbonyl (C=O) groups is 1. The van der Waals surface area contributed by atoms with Crippen LogP contribution >= 0.6 is 0 Å². The van der Waals surface area contributed by atoms with E-state index < -0.39 is 0 Å². The highest BCUT2D eigenvalue weighted by Crippen LogP contribution is 2.32. The van der Waals surface area contributed by atoms with Crippen molar-refractivity contribution in [3.05, 3.63) is 42.1 Å². The number of fused-ring (bicyclic) bond motifs is 1. The van der Waals surface area contributed by atoms with Gasteiger partial charge in [0.15, 0.2) is 5.75 Å². The minimum Gasteiger partial charge on any atom is -0.489 e. The molecular formula is C15H15N3O3. The van der Waals surface area contributed by atoms with E-state index in [0.717, 1.165) is 12.2 Å². The number of nitrogens with one attached hydrogen (secondary N) is 2. The van der Waals surface area contributed by atoms with Crippen molar-refractivity contribution in [2.24, 2.45) is 0 Å². The van der Waals surface area contributed by atoms with E-state index in [-0.39, 0.29) is 5.91 Å². The van der Waals surface area contributed by atoms with E-state index in [1.54, 1.807) is 24.4 Å². The molecule has 1 aromatic heterocycles. The summed E-state index contributed by atoms with van der Waals surface area (Å²) in [6.07, 6.45) is 1.60. The number of hydrogen-bond donors (Lipinski definition) is 2. The summed E-state index contributed by atoms with van der Waals surface area (Å²) < 4.78 is 10.7. The first-order chi connectivity index (χ1) is 10.3. The summed E-state index contributed by atoms with van der Waals surface area (Å²) in [5.41, 5.74) is 1.82. The molecule has 1 aromatic carbocycles. The molecule has 1 aliphatic rings. The molecule has 3 rings (SSSR count). The minimum absolute atomic E-state index is 0.262. The van der Waals surface area contributed by atoms with E-state index in [2.05, 4.69) is 15.6 Å². The first-order valence-electron chi connectivity index (χ1n) is 6.59. The summed E-state index contributed by atoms with van der Waals surface area (Å²) in [5, 5.41) is 6.00. The molecular weight excluding hydrogens is 270 g/mol. The minimum atomic E-state index is -0.262. The highest BCUT2D eigenvalue weighted by atomic mass is 16.5. The fraction of sp³-hybridized carbons (Fsp3) is 0.200. The summed E-state index contributed by atoms with van der Waals surface area (Å²) in [6.45, 7) is 1.27. The Morgan fingerprint density at radius 1 is 1.38 bits per heavy atom. The van der Waals surface area contributed by atoms with Crippen LogP contribution < -0.4 is 20.1 Å². The average molecular weight is 285 g/mol. The maximum Gasteiger partial charge on any atom is 0.259 e. The topological polar surface area (TPSA) is 72.5 Å². The molecule has 0 saturated heterocycles. The molecule has 108 valence electrons. The lowest BCUT2D eigenvalue weighted by Gasteiger charge is -2.21. The van der Waals surface area contributed by atoms with Gasteiger partial charge in [0.25, 0.3) is 5.91 Å². The Hall–Kier alpha value is -2.76. The summed E-state index contributed by atoms with van der Waals surface area (Å²) >= 11 is 0. The Labute approximate surface area is 122 Å². The van der Waals surface area contributed by atoms with Gasteiger partial charge in [-0.2, -0.15) is 0 Å². The van der Waals surface area contributed by atoms with Crippen LogP contribution in [-0.4, -0.2) is 31.2 Å². The molecule has 2 heterocycles. The quantitative estimate of drug-likeness (QED) is 0.904. The normalized spacial score (nSPS) is 12.6. The van der Waals surface area contributed by atoms with Crippen LogP contribution in [0.3, 0.4) is 0 Å². The number of benzene rings is 1. The third-order valence-electron chi connectivity index (χ3n) is 3.14. The zero-order valence-electron chi connectivity index (χ0n) is 11.6. The van der Waals surface area contributed by atoms with Crippen molar-refractivity contribution in [1.82, 2.24) is 4.98 Å². The Kier molecular flexibility index (Phi) is 3.59. The van der Waals surface area contributed by atoms with Crippen LogP contribution in [0.4, 0.5) is 11.4 Å². The van der Waals surface area contributed by atoms with E-state index in [1.165, 1.54) is 7.11 Å². The van der Waals surface area contributed by atoms with E-state index in [0.29, 0.717) is 29.5 Å². The second-order valence-electron chi connectivity index (χ2n) is 4.47. The molecule has 0 bridgehead atoms. The number of methoxy groups -OCH3 is 1. The van der Waals surface area contributed by atoms with Gasteiger partial charge in [0, 0.05) is 12.7 Å². The van der Waals surface area contributed by atoms with Gasteiger partial charge in [-0.3, -0.25) is 4.79 Å². The Bertz CT molecular complexity index is 673. The number of pyridine rings is 1. The number of ether oxygens (including phenoxy) is 2. The third kappa shape index (κ3) is 2.60. The molecule has 1 aliphatic heterocycles. The standard InChI is InChI=1S/C15H15N3O3/c1-20-15-12(6-3-7-17-15)18-14(19)10-4-2-5-11-13(10)21-9-8-16-11/h2-7,16H,8-9H2,1H3,(H,18,19). The molecule has 1 amide bonds.